The molecule has 126 valence electrons. The third kappa shape index (κ3) is 4.57. The molecule has 0 saturated carbocycles. The number of rotatable bonds is 4. The highest BCUT2D eigenvalue weighted by atomic mass is 16.3. The zero-order valence-corrected chi connectivity index (χ0v) is 14.8. The Labute approximate surface area is 138 Å². The van der Waals surface area contributed by atoms with Crippen LogP contribution in [0.5, 0.6) is 0 Å². The molecule has 0 bridgehead atoms. The summed E-state index contributed by atoms with van der Waals surface area (Å²) in [6.45, 7) is 11.2. The van der Waals surface area contributed by atoms with Gasteiger partial charge in [0.05, 0.1) is 11.1 Å². The van der Waals surface area contributed by atoms with Crippen molar-refractivity contribution < 1.29 is 9.90 Å². The number of aromatic nitrogens is 1. The van der Waals surface area contributed by atoms with Gasteiger partial charge < -0.3 is 9.67 Å². The van der Waals surface area contributed by atoms with Crippen LogP contribution in [0.3, 0.4) is 0 Å². The van der Waals surface area contributed by atoms with Crippen LogP contribution < -0.4 is 0 Å². The summed E-state index contributed by atoms with van der Waals surface area (Å²) in [5, 5.41) is 10.3. The van der Waals surface area contributed by atoms with Crippen molar-refractivity contribution in [1.29, 1.82) is 0 Å². The number of Topliss-reactive ketones (excluding diaryl/α,β-unsaturated/α-hetero) is 1. The Hall–Kier alpha value is -1.84. The lowest BCUT2D eigenvalue weighted by atomic mass is 9.85. The van der Waals surface area contributed by atoms with E-state index in [9.17, 15) is 9.90 Å². The molecule has 1 aliphatic rings. The lowest BCUT2D eigenvalue weighted by Crippen LogP contribution is -2.22. The van der Waals surface area contributed by atoms with Crippen molar-refractivity contribution >= 4 is 12.0 Å². The summed E-state index contributed by atoms with van der Waals surface area (Å²) in [7, 11) is 0. The fourth-order valence-electron chi connectivity index (χ4n) is 2.88. The zero-order valence-electron chi connectivity index (χ0n) is 14.8. The van der Waals surface area contributed by atoms with Gasteiger partial charge in [0.1, 0.15) is 5.76 Å². The van der Waals surface area contributed by atoms with E-state index in [-0.39, 0.29) is 23.0 Å². The van der Waals surface area contributed by atoms with Crippen LogP contribution in [0.15, 0.2) is 34.7 Å². The van der Waals surface area contributed by atoms with Gasteiger partial charge in [-0.3, -0.25) is 9.79 Å². The maximum absolute atomic E-state index is 12.4. The van der Waals surface area contributed by atoms with Crippen LogP contribution in [-0.2, 0) is 11.3 Å². The fraction of sp³-hybridized carbons (Fsp3) is 0.579. The lowest BCUT2D eigenvalue weighted by Gasteiger charge is -2.24. The molecule has 1 unspecified atom stereocenters. The molecule has 1 heterocycles. The average Bonchev–Trinajstić information content (AvgIpc) is 2.83. The minimum atomic E-state index is -0.254. The maximum Gasteiger partial charge on any atom is 0.168 e. The van der Waals surface area contributed by atoms with Gasteiger partial charge in [-0.1, -0.05) is 13.8 Å². The highest BCUT2D eigenvalue weighted by Crippen LogP contribution is 2.33. The Morgan fingerprint density at radius 3 is 2.65 bits per heavy atom. The van der Waals surface area contributed by atoms with Gasteiger partial charge in [0, 0.05) is 43.4 Å². The average molecular weight is 316 g/mol. The molecule has 2 rings (SSSR count). The van der Waals surface area contributed by atoms with Gasteiger partial charge >= 0.3 is 0 Å². The monoisotopic (exact) mass is 316 g/mol. The van der Waals surface area contributed by atoms with Crippen LogP contribution >= 0.6 is 0 Å². The van der Waals surface area contributed by atoms with Gasteiger partial charge in [-0.25, -0.2) is 0 Å². The summed E-state index contributed by atoms with van der Waals surface area (Å²) < 4.78 is 2.20. The van der Waals surface area contributed by atoms with Crippen LogP contribution in [0.1, 0.15) is 59.1 Å². The quantitative estimate of drug-likeness (QED) is 0.843. The molecule has 0 radical (unpaired) electrons. The molecular formula is C19H28N2O2. The number of hydrogen-bond donors (Lipinski definition) is 1. The number of hydrogen-bond acceptors (Lipinski definition) is 3. The number of carbonyl (C=O) groups is 1. The highest BCUT2D eigenvalue weighted by molar-refractivity contribution is 6.14. The second kappa shape index (κ2) is 6.73. The molecular weight excluding hydrogens is 288 g/mol. The smallest absolute Gasteiger partial charge is 0.168 e. The summed E-state index contributed by atoms with van der Waals surface area (Å²) in [4.78, 5) is 16.8. The third-order valence-corrected chi connectivity index (χ3v) is 3.91. The molecule has 1 aromatic heterocycles. The van der Waals surface area contributed by atoms with E-state index in [1.807, 2.05) is 26.8 Å². The van der Waals surface area contributed by atoms with Gasteiger partial charge in [-0.15, -0.1) is 0 Å². The number of carbonyl (C=O) groups excluding carboxylic acids is 1. The van der Waals surface area contributed by atoms with E-state index in [1.165, 1.54) is 0 Å². The van der Waals surface area contributed by atoms with E-state index in [0.29, 0.717) is 24.3 Å². The van der Waals surface area contributed by atoms with E-state index in [0.717, 1.165) is 12.2 Å². The Morgan fingerprint density at radius 2 is 2.09 bits per heavy atom. The fourth-order valence-corrected chi connectivity index (χ4v) is 2.88. The standard InChI is InChI=1S/C19H28N2O2/c1-13(2)12-21-8-6-7-16(21)14-9-17(22)15(18(23)10-14)11-20-19(3,4)5/h6-8,11,13-14,22H,9-10,12H2,1-5H3. The Bertz CT molecular complexity index is 630. The molecule has 0 aromatic carbocycles. The van der Waals surface area contributed by atoms with Gasteiger partial charge in [0.15, 0.2) is 5.78 Å². The number of nitrogens with zero attached hydrogens (tertiary/aromatic N) is 2. The van der Waals surface area contributed by atoms with E-state index < -0.39 is 0 Å². The summed E-state index contributed by atoms with van der Waals surface area (Å²) in [6, 6.07) is 4.07. The first kappa shape index (κ1) is 17.5. The van der Waals surface area contributed by atoms with Crippen molar-refractivity contribution in [3.8, 4) is 0 Å². The highest BCUT2D eigenvalue weighted by Gasteiger charge is 2.29. The van der Waals surface area contributed by atoms with Crippen molar-refractivity contribution in [2.75, 3.05) is 0 Å². The summed E-state index contributed by atoms with van der Waals surface area (Å²) in [5.41, 5.74) is 1.25. The largest absolute Gasteiger partial charge is 0.511 e. The van der Waals surface area contributed by atoms with Gasteiger partial charge in [-0.2, -0.15) is 0 Å². The molecule has 0 saturated heterocycles. The molecule has 23 heavy (non-hydrogen) atoms. The van der Waals surface area contributed by atoms with Crippen LogP contribution in [0.25, 0.3) is 0 Å². The number of allylic oxidation sites excluding steroid dienone is 2. The molecule has 1 aliphatic carbocycles. The lowest BCUT2D eigenvalue weighted by molar-refractivity contribution is -0.116. The first-order valence-corrected chi connectivity index (χ1v) is 8.33. The predicted molar refractivity (Wildman–Crippen MR) is 94.2 cm³/mol. The summed E-state index contributed by atoms with van der Waals surface area (Å²) in [5.74, 6) is 0.725. The van der Waals surface area contributed by atoms with Crippen molar-refractivity contribution in [2.24, 2.45) is 10.9 Å². The molecule has 0 spiro atoms. The second-order valence-corrected chi connectivity index (χ2v) is 7.80. The minimum absolute atomic E-state index is 0.0240. The van der Waals surface area contributed by atoms with Crippen molar-refractivity contribution in [3.05, 3.63) is 35.4 Å². The van der Waals surface area contributed by atoms with Gasteiger partial charge in [0.25, 0.3) is 0 Å². The second-order valence-electron chi connectivity index (χ2n) is 7.80. The SMILES string of the molecule is CC(C)Cn1cccc1C1CC(=O)C(C=NC(C)(C)C)=C(O)C1. The summed E-state index contributed by atoms with van der Waals surface area (Å²) >= 11 is 0. The molecule has 1 N–H and O–H groups in total. The van der Waals surface area contributed by atoms with Gasteiger partial charge in [0.2, 0.25) is 0 Å². The normalized spacial score (nSPS) is 20.1. The van der Waals surface area contributed by atoms with Crippen molar-refractivity contribution in [2.45, 2.75) is 65.5 Å². The number of ketones is 1. The predicted octanol–water partition coefficient (Wildman–Crippen LogP) is 4.27. The Balaban J connectivity index is 2.22. The summed E-state index contributed by atoms with van der Waals surface area (Å²) in [6.07, 6.45) is 4.52. The van der Waals surface area contributed by atoms with Crippen molar-refractivity contribution in [1.82, 2.24) is 4.57 Å². The van der Waals surface area contributed by atoms with E-state index in [4.69, 9.17) is 0 Å². The maximum atomic E-state index is 12.4. The van der Waals surface area contributed by atoms with Crippen LogP contribution in [-0.4, -0.2) is 27.2 Å². The Kier molecular flexibility index (Phi) is 5.12. The molecule has 1 atom stereocenters. The van der Waals surface area contributed by atoms with E-state index in [2.05, 4.69) is 35.7 Å². The molecule has 4 heteroatoms. The molecule has 4 nitrogen and oxygen atoms in total. The third-order valence-electron chi connectivity index (χ3n) is 3.91. The molecule has 0 amide bonds. The van der Waals surface area contributed by atoms with Crippen LogP contribution in [0.2, 0.25) is 0 Å². The van der Waals surface area contributed by atoms with E-state index >= 15 is 0 Å². The molecule has 1 aromatic rings. The molecule has 0 fully saturated rings. The molecule has 0 aliphatic heterocycles. The topological polar surface area (TPSA) is 54.6 Å². The zero-order chi connectivity index (χ0) is 17.2. The van der Waals surface area contributed by atoms with E-state index in [1.54, 1.807) is 6.21 Å². The number of aliphatic imine (C=N–C) groups is 1. The first-order chi connectivity index (χ1) is 10.7. The first-order valence-electron chi connectivity index (χ1n) is 8.33. The number of aliphatic hydroxyl groups excluding tert-OH is 1. The van der Waals surface area contributed by atoms with Crippen LogP contribution in [0.4, 0.5) is 0 Å². The van der Waals surface area contributed by atoms with Crippen molar-refractivity contribution in [3.63, 3.8) is 0 Å². The minimum Gasteiger partial charge on any atom is -0.511 e. The van der Waals surface area contributed by atoms with Crippen LogP contribution in [0, 0.1) is 5.92 Å². The number of aliphatic hydroxyl groups is 1. The Morgan fingerprint density at radius 1 is 1.39 bits per heavy atom. The van der Waals surface area contributed by atoms with Gasteiger partial charge in [-0.05, 0) is 38.8 Å².